The Bertz CT molecular complexity index is 552. The molecule has 1 aromatic rings. The van der Waals surface area contributed by atoms with E-state index in [0.29, 0.717) is 5.75 Å². The van der Waals surface area contributed by atoms with Crippen molar-refractivity contribution in [2.24, 2.45) is 0 Å². The summed E-state index contributed by atoms with van der Waals surface area (Å²) in [4.78, 5) is 21.6. The smallest absolute Gasteiger partial charge is 0.337 e. The molecule has 1 aromatic carbocycles. The van der Waals surface area contributed by atoms with Gasteiger partial charge in [0.15, 0.2) is 5.60 Å². The Labute approximate surface area is 151 Å². The Balaban J connectivity index is 2.13. The molecule has 0 aliphatic rings. The van der Waals surface area contributed by atoms with E-state index in [1.54, 1.807) is 0 Å². The maximum absolute atomic E-state index is 11.0. The van der Waals surface area contributed by atoms with Crippen LogP contribution in [0.4, 0.5) is 0 Å². The number of unbranched alkanes of at least 4 members (excludes halogenated alkanes) is 3. The van der Waals surface area contributed by atoms with Gasteiger partial charge in [-0.25, -0.2) is 4.79 Å². The molecule has 24 heavy (non-hydrogen) atoms. The summed E-state index contributed by atoms with van der Waals surface area (Å²) in [7, 11) is 0. The lowest BCUT2D eigenvalue weighted by atomic mass is 10.0. The predicted molar refractivity (Wildman–Crippen MR) is 95.8 cm³/mol. The van der Waals surface area contributed by atoms with E-state index < -0.39 is 24.0 Å². The third-order valence-electron chi connectivity index (χ3n) is 3.58. The van der Waals surface area contributed by atoms with Gasteiger partial charge in [0, 0.05) is 10.8 Å². The Morgan fingerprint density at radius 1 is 1.12 bits per heavy atom. The summed E-state index contributed by atoms with van der Waals surface area (Å²) in [5, 5.41) is 28.2. The van der Waals surface area contributed by atoms with Crippen LogP contribution in [0.5, 0.6) is 0 Å². The number of hydrogen-bond acceptors (Lipinski definition) is 4. The number of thioether (sulfide) groups is 1. The molecular weight excluding hydrogens is 352 g/mol. The van der Waals surface area contributed by atoms with Gasteiger partial charge in [-0.2, -0.15) is 11.8 Å². The summed E-state index contributed by atoms with van der Waals surface area (Å²) in [5.74, 6) is -2.22. The van der Waals surface area contributed by atoms with Crippen molar-refractivity contribution in [2.75, 3.05) is 11.5 Å². The van der Waals surface area contributed by atoms with Crippen LogP contribution < -0.4 is 0 Å². The van der Waals surface area contributed by atoms with Crippen molar-refractivity contribution in [3.63, 3.8) is 0 Å². The monoisotopic (exact) mass is 374 g/mol. The molecule has 0 bridgehead atoms. The van der Waals surface area contributed by atoms with E-state index in [0.717, 1.165) is 37.1 Å². The normalized spacial score (nSPS) is 13.4. The number of carboxylic acids is 2. The van der Waals surface area contributed by atoms with Crippen LogP contribution in [0.25, 0.3) is 0 Å². The standard InChI is InChI=1S/C17H23ClO5S/c18-14-8-5-7-13(10-14)6-3-1-2-4-9-24-12-17(23,16(21)22)11-15(19)20/h5,7-8,10,23H,1-4,6,9,11-12H2,(H,19,20)(H,21,22)/t17-/m0/s1. The summed E-state index contributed by atoms with van der Waals surface area (Å²) in [5.41, 5.74) is -0.972. The van der Waals surface area contributed by atoms with Crippen molar-refractivity contribution in [1.82, 2.24) is 0 Å². The van der Waals surface area contributed by atoms with E-state index in [4.69, 9.17) is 21.8 Å². The molecule has 1 atom stereocenters. The Kier molecular flexibility index (Phi) is 9.18. The summed E-state index contributed by atoms with van der Waals surface area (Å²) in [6.07, 6.45) is 4.23. The van der Waals surface area contributed by atoms with Gasteiger partial charge in [-0.15, -0.1) is 0 Å². The fourth-order valence-electron chi connectivity index (χ4n) is 2.26. The molecule has 0 amide bonds. The summed E-state index contributed by atoms with van der Waals surface area (Å²) in [6.45, 7) is 0. The Morgan fingerprint density at radius 2 is 1.83 bits per heavy atom. The first-order valence-corrected chi connectivity index (χ1v) is 9.36. The van der Waals surface area contributed by atoms with Gasteiger partial charge in [0.05, 0.1) is 6.42 Å². The first kappa shape index (κ1) is 20.8. The van der Waals surface area contributed by atoms with Crippen molar-refractivity contribution in [3.8, 4) is 0 Å². The highest BCUT2D eigenvalue weighted by Crippen LogP contribution is 2.20. The molecule has 134 valence electrons. The van der Waals surface area contributed by atoms with Gasteiger partial charge in [0.1, 0.15) is 0 Å². The lowest BCUT2D eigenvalue weighted by Gasteiger charge is -2.20. The van der Waals surface area contributed by atoms with E-state index >= 15 is 0 Å². The van der Waals surface area contributed by atoms with Gasteiger partial charge in [0.25, 0.3) is 0 Å². The lowest BCUT2D eigenvalue weighted by molar-refractivity contribution is -0.162. The molecule has 0 aliphatic carbocycles. The number of carboxylic acid groups (broad SMARTS) is 2. The first-order valence-electron chi connectivity index (χ1n) is 7.83. The highest BCUT2D eigenvalue weighted by molar-refractivity contribution is 7.99. The van der Waals surface area contributed by atoms with Crippen LogP contribution >= 0.6 is 23.4 Å². The van der Waals surface area contributed by atoms with Crippen LogP contribution in [-0.4, -0.2) is 44.4 Å². The van der Waals surface area contributed by atoms with E-state index in [-0.39, 0.29) is 5.75 Å². The second-order valence-corrected chi connectivity index (χ2v) is 7.30. The second kappa shape index (κ2) is 10.6. The Hall–Kier alpha value is -1.24. The van der Waals surface area contributed by atoms with Crippen molar-refractivity contribution in [2.45, 2.75) is 44.1 Å². The third-order valence-corrected chi connectivity index (χ3v) is 5.07. The zero-order valence-corrected chi connectivity index (χ0v) is 15.0. The van der Waals surface area contributed by atoms with E-state index in [1.165, 1.54) is 17.3 Å². The van der Waals surface area contributed by atoms with Gasteiger partial charge in [0.2, 0.25) is 0 Å². The van der Waals surface area contributed by atoms with Crippen molar-refractivity contribution >= 4 is 35.3 Å². The van der Waals surface area contributed by atoms with E-state index in [9.17, 15) is 14.7 Å². The average Bonchev–Trinajstić information content (AvgIpc) is 2.49. The molecule has 1 rings (SSSR count). The number of hydrogen-bond donors (Lipinski definition) is 3. The Morgan fingerprint density at radius 3 is 2.46 bits per heavy atom. The molecular formula is C17H23ClO5S. The average molecular weight is 375 g/mol. The third kappa shape index (κ3) is 8.04. The second-order valence-electron chi connectivity index (χ2n) is 5.75. The van der Waals surface area contributed by atoms with Crippen molar-refractivity contribution in [1.29, 1.82) is 0 Å². The van der Waals surface area contributed by atoms with Gasteiger partial charge in [-0.3, -0.25) is 4.79 Å². The maximum Gasteiger partial charge on any atom is 0.337 e. The highest BCUT2D eigenvalue weighted by Gasteiger charge is 2.38. The highest BCUT2D eigenvalue weighted by atomic mass is 35.5. The minimum Gasteiger partial charge on any atom is -0.481 e. The molecule has 5 nitrogen and oxygen atoms in total. The SMILES string of the molecule is O=C(O)C[C@](O)(CSCCCCCCc1cccc(Cl)c1)C(=O)O. The number of aliphatic carboxylic acids is 2. The first-order chi connectivity index (χ1) is 11.3. The molecule has 3 N–H and O–H groups in total. The zero-order valence-electron chi connectivity index (χ0n) is 13.4. The number of aliphatic hydroxyl groups is 1. The fourth-order valence-corrected chi connectivity index (χ4v) is 3.59. The summed E-state index contributed by atoms with van der Waals surface area (Å²) >= 11 is 7.21. The van der Waals surface area contributed by atoms with Crippen LogP contribution in [0, 0.1) is 0 Å². The molecule has 0 saturated heterocycles. The summed E-state index contributed by atoms with van der Waals surface area (Å²) < 4.78 is 0. The largest absolute Gasteiger partial charge is 0.481 e. The molecule has 0 aliphatic heterocycles. The van der Waals surface area contributed by atoms with Gasteiger partial charge in [-0.05, 0) is 42.7 Å². The van der Waals surface area contributed by atoms with Crippen LogP contribution in [0.3, 0.4) is 0 Å². The molecule has 0 heterocycles. The van der Waals surface area contributed by atoms with Crippen LogP contribution in [-0.2, 0) is 16.0 Å². The quantitative estimate of drug-likeness (QED) is 0.485. The zero-order chi connectivity index (χ0) is 18.0. The van der Waals surface area contributed by atoms with Gasteiger partial charge in [-0.1, -0.05) is 36.6 Å². The van der Waals surface area contributed by atoms with Crippen LogP contribution in [0.15, 0.2) is 24.3 Å². The molecule has 0 unspecified atom stereocenters. The number of carbonyl (C=O) groups is 2. The predicted octanol–water partition coefficient (Wildman–Crippen LogP) is 3.47. The number of benzene rings is 1. The van der Waals surface area contributed by atoms with Crippen molar-refractivity contribution < 1.29 is 24.9 Å². The van der Waals surface area contributed by atoms with Gasteiger partial charge < -0.3 is 15.3 Å². The van der Waals surface area contributed by atoms with Crippen molar-refractivity contribution in [3.05, 3.63) is 34.9 Å². The molecule has 0 saturated carbocycles. The number of halogens is 1. The minimum atomic E-state index is -2.19. The number of aryl methyl sites for hydroxylation is 1. The van der Waals surface area contributed by atoms with E-state index in [2.05, 4.69) is 6.07 Å². The van der Waals surface area contributed by atoms with E-state index in [1.807, 2.05) is 18.2 Å². The molecule has 7 heteroatoms. The molecule has 0 fully saturated rings. The summed E-state index contributed by atoms with van der Waals surface area (Å²) in [6, 6.07) is 7.81. The fraction of sp³-hybridized carbons (Fsp3) is 0.529. The van der Waals surface area contributed by atoms with Crippen LogP contribution in [0.2, 0.25) is 5.02 Å². The molecule has 0 spiro atoms. The lowest BCUT2D eigenvalue weighted by Crippen LogP contribution is -2.43. The molecule has 0 radical (unpaired) electrons. The topological polar surface area (TPSA) is 94.8 Å². The van der Waals surface area contributed by atoms with Crippen LogP contribution in [0.1, 0.15) is 37.7 Å². The maximum atomic E-state index is 11.0. The minimum absolute atomic E-state index is 0.114. The number of rotatable bonds is 12. The molecule has 0 aromatic heterocycles. The van der Waals surface area contributed by atoms with Gasteiger partial charge >= 0.3 is 11.9 Å².